The number of likely N-dealkylation sites (tertiary alicyclic amines) is 1. The number of sulfonamides is 1. The summed E-state index contributed by atoms with van der Waals surface area (Å²) < 4.78 is 28.2. The van der Waals surface area contributed by atoms with Crippen molar-refractivity contribution in [1.29, 1.82) is 0 Å². The standard InChI is InChI=1S/C17H26N2O3S2/c1-13-5-7-15(8-6-13)18-24(21,22)16-11-14(12-23-16)17(20)19-9-3-2-4-10-19/h11-13,15,18H,2-10H2,1H3. The van der Waals surface area contributed by atoms with Gasteiger partial charge in [0.2, 0.25) is 10.0 Å². The van der Waals surface area contributed by atoms with E-state index in [1.165, 1.54) is 6.07 Å². The highest BCUT2D eigenvalue weighted by molar-refractivity contribution is 7.91. The molecule has 7 heteroatoms. The number of nitrogens with one attached hydrogen (secondary N) is 1. The quantitative estimate of drug-likeness (QED) is 0.885. The SMILES string of the molecule is CC1CCC(NS(=O)(=O)c2cc(C(=O)N3CCCCC3)cs2)CC1. The normalized spacial score (nSPS) is 25.6. The Balaban J connectivity index is 1.66. The van der Waals surface area contributed by atoms with Crippen molar-refractivity contribution in [3.8, 4) is 0 Å². The van der Waals surface area contributed by atoms with Crippen LogP contribution in [-0.2, 0) is 10.0 Å². The molecule has 1 N–H and O–H groups in total. The second-order valence-electron chi connectivity index (χ2n) is 7.09. The van der Waals surface area contributed by atoms with E-state index in [1.54, 1.807) is 5.38 Å². The van der Waals surface area contributed by atoms with Gasteiger partial charge in [0.05, 0.1) is 5.56 Å². The third kappa shape index (κ3) is 4.18. The Labute approximate surface area is 148 Å². The molecule has 1 aliphatic heterocycles. The summed E-state index contributed by atoms with van der Waals surface area (Å²) in [5.74, 6) is 0.639. The van der Waals surface area contributed by atoms with Crippen LogP contribution in [0.2, 0.25) is 0 Å². The van der Waals surface area contributed by atoms with Gasteiger partial charge in [0.1, 0.15) is 4.21 Å². The molecular formula is C17H26N2O3S2. The summed E-state index contributed by atoms with van der Waals surface area (Å²) in [4.78, 5) is 14.3. The fourth-order valence-electron chi connectivity index (χ4n) is 3.50. The summed E-state index contributed by atoms with van der Waals surface area (Å²) in [6.07, 6.45) is 7.14. The molecule has 0 unspecified atom stereocenters. The van der Waals surface area contributed by atoms with Gasteiger partial charge in [-0.15, -0.1) is 11.3 Å². The summed E-state index contributed by atoms with van der Waals surface area (Å²) in [5, 5.41) is 1.68. The van der Waals surface area contributed by atoms with Crippen LogP contribution in [0, 0.1) is 5.92 Å². The lowest BCUT2D eigenvalue weighted by atomic mass is 9.88. The van der Waals surface area contributed by atoms with Crippen LogP contribution in [0.4, 0.5) is 0 Å². The van der Waals surface area contributed by atoms with Gasteiger partial charge < -0.3 is 4.90 Å². The van der Waals surface area contributed by atoms with Crippen molar-refractivity contribution in [3.63, 3.8) is 0 Å². The Morgan fingerprint density at radius 3 is 2.50 bits per heavy atom. The van der Waals surface area contributed by atoms with Gasteiger partial charge in [0, 0.05) is 24.5 Å². The van der Waals surface area contributed by atoms with Crippen LogP contribution < -0.4 is 4.72 Å². The van der Waals surface area contributed by atoms with Crippen molar-refractivity contribution in [2.24, 2.45) is 5.92 Å². The molecule has 1 amide bonds. The number of hydrogen-bond acceptors (Lipinski definition) is 4. The summed E-state index contributed by atoms with van der Waals surface area (Å²) in [5.41, 5.74) is 0.500. The van der Waals surface area contributed by atoms with Crippen LogP contribution in [0.15, 0.2) is 15.7 Å². The molecule has 5 nitrogen and oxygen atoms in total. The van der Waals surface area contributed by atoms with E-state index in [9.17, 15) is 13.2 Å². The van der Waals surface area contributed by atoms with E-state index in [0.717, 1.165) is 69.4 Å². The molecular weight excluding hydrogens is 344 g/mol. The van der Waals surface area contributed by atoms with E-state index < -0.39 is 10.0 Å². The zero-order chi connectivity index (χ0) is 17.2. The molecule has 134 valence electrons. The smallest absolute Gasteiger partial charge is 0.254 e. The van der Waals surface area contributed by atoms with E-state index >= 15 is 0 Å². The third-order valence-corrected chi connectivity index (χ3v) is 8.03. The van der Waals surface area contributed by atoms with E-state index in [2.05, 4.69) is 11.6 Å². The summed E-state index contributed by atoms with van der Waals surface area (Å²) in [6, 6.07) is 1.56. The first kappa shape index (κ1) is 17.9. The summed E-state index contributed by atoms with van der Waals surface area (Å²) in [6.45, 7) is 3.76. The molecule has 0 spiro atoms. The monoisotopic (exact) mass is 370 g/mol. The fourth-order valence-corrected chi connectivity index (χ4v) is 5.98. The lowest BCUT2D eigenvalue weighted by Gasteiger charge is -2.26. The zero-order valence-electron chi connectivity index (χ0n) is 14.2. The molecule has 2 aliphatic rings. The molecule has 3 rings (SSSR count). The Hall–Kier alpha value is -0.920. The van der Waals surface area contributed by atoms with Crippen molar-refractivity contribution in [3.05, 3.63) is 17.0 Å². The molecule has 1 aromatic heterocycles. The molecule has 2 heterocycles. The lowest BCUT2D eigenvalue weighted by molar-refractivity contribution is 0.0725. The molecule has 1 aliphatic carbocycles. The Bertz CT molecular complexity index is 670. The number of nitrogens with zero attached hydrogens (tertiary/aromatic N) is 1. The first-order chi connectivity index (χ1) is 11.5. The Morgan fingerprint density at radius 2 is 1.83 bits per heavy atom. The molecule has 1 saturated carbocycles. The van der Waals surface area contributed by atoms with Crippen LogP contribution in [0.5, 0.6) is 0 Å². The summed E-state index contributed by atoms with van der Waals surface area (Å²) >= 11 is 1.14. The average molecular weight is 371 g/mol. The third-order valence-electron chi connectivity index (χ3n) is 5.07. The van der Waals surface area contributed by atoms with Gasteiger partial charge in [0.15, 0.2) is 0 Å². The Morgan fingerprint density at radius 1 is 1.17 bits per heavy atom. The number of rotatable bonds is 4. The number of carbonyl (C=O) groups is 1. The van der Waals surface area contributed by atoms with Crippen LogP contribution in [0.1, 0.15) is 62.2 Å². The van der Waals surface area contributed by atoms with Crippen molar-refractivity contribution >= 4 is 27.3 Å². The van der Waals surface area contributed by atoms with E-state index in [4.69, 9.17) is 0 Å². The minimum atomic E-state index is -3.52. The zero-order valence-corrected chi connectivity index (χ0v) is 15.8. The van der Waals surface area contributed by atoms with Gasteiger partial charge in [-0.05, 0) is 56.9 Å². The van der Waals surface area contributed by atoms with Crippen molar-refractivity contribution in [1.82, 2.24) is 9.62 Å². The van der Waals surface area contributed by atoms with E-state index in [0.29, 0.717) is 11.5 Å². The number of amides is 1. The molecule has 24 heavy (non-hydrogen) atoms. The van der Waals surface area contributed by atoms with Crippen LogP contribution in [0.3, 0.4) is 0 Å². The van der Waals surface area contributed by atoms with Crippen LogP contribution in [-0.4, -0.2) is 38.4 Å². The molecule has 2 fully saturated rings. The Kier molecular flexibility index (Phi) is 5.62. The van der Waals surface area contributed by atoms with Gasteiger partial charge in [-0.25, -0.2) is 13.1 Å². The average Bonchev–Trinajstić information content (AvgIpc) is 3.08. The first-order valence-corrected chi connectivity index (χ1v) is 11.2. The van der Waals surface area contributed by atoms with Crippen molar-refractivity contribution in [2.75, 3.05) is 13.1 Å². The molecule has 0 atom stereocenters. The van der Waals surface area contributed by atoms with Gasteiger partial charge in [-0.3, -0.25) is 4.79 Å². The molecule has 1 aromatic rings. The molecule has 0 radical (unpaired) electrons. The minimum Gasteiger partial charge on any atom is -0.339 e. The predicted molar refractivity (Wildman–Crippen MR) is 95.8 cm³/mol. The molecule has 0 bridgehead atoms. The maximum Gasteiger partial charge on any atom is 0.254 e. The second kappa shape index (κ2) is 7.54. The maximum absolute atomic E-state index is 12.6. The highest BCUT2D eigenvalue weighted by Crippen LogP contribution is 2.27. The van der Waals surface area contributed by atoms with Crippen molar-refractivity contribution < 1.29 is 13.2 Å². The highest BCUT2D eigenvalue weighted by Gasteiger charge is 2.27. The lowest BCUT2D eigenvalue weighted by Crippen LogP contribution is -2.37. The fraction of sp³-hybridized carbons (Fsp3) is 0.706. The van der Waals surface area contributed by atoms with E-state index in [-0.39, 0.29) is 16.2 Å². The minimum absolute atomic E-state index is 0.0227. The number of carbonyl (C=O) groups excluding carboxylic acids is 1. The first-order valence-electron chi connectivity index (χ1n) is 8.86. The van der Waals surface area contributed by atoms with Crippen molar-refractivity contribution in [2.45, 2.75) is 62.1 Å². The van der Waals surface area contributed by atoms with Gasteiger partial charge in [-0.2, -0.15) is 0 Å². The van der Waals surface area contributed by atoms with E-state index in [1.807, 2.05) is 4.90 Å². The number of piperidine rings is 1. The predicted octanol–water partition coefficient (Wildman–Crippen LogP) is 3.23. The number of hydrogen-bond donors (Lipinski definition) is 1. The molecule has 0 aromatic carbocycles. The largest absolute Gasteiger partial charge is 0.339 e. The second-order valence-corrected chi connectivity index (χ2v) is 9.94. The number of thiophene rings is 1. The summed E-state index contributed by atoms with van der Waals surface area (Å²) in [7, 11) is -3.52. The van der Waals surface area contributed by atoms with Gasteiger partial charge in [0.25, 0.3) is 5.91 Å². The molecule has 1 saturated heterocycles. The van der Waals surface area contributed by atoms with Crippen LogP contribution >= 0.6 is 11.3 Å². The van der Waals surface area contributed by atoms with Crippen LogP contribution in [0.25, 0.3) is 0 Å². The van der Waals surface area contributed by atoms with Gasteiger partial charge in [-0.1, -0.05) is 6.92 Å². The highest BCUT2D eigenvalue weighted by atomic mass is 32.2. The topological polar surface area (TPSA) is 66.5 Å². The maximum atomic E-state index is 12.6. The van der Waals surface area contributed by atoms with Gasteiger partial charge >= 0.3 is 0 Å².